The molecule has 1 heterocycles. The van der Waals surface area contributed by atoms with Gasteiger partial charge in [0.25, 0.3) is 0 Å². The average molecular weight is 509 g/mol. The van der Waals surface area contributed by atoms with E-state index in [1.54, 1.807) is 34.1 Å². The summed E-state index contributed by atoms with van der Waals surface area (Å²) in [5, 5.41) is 40.0. The molecule has 10 heteroatoms. The van der Waals surface area contributed by atoms with Crippen LogP contribution in [0.2, 0.25) is 0 Å². The summed E-state index contributed by atoms with van der Waals surface area (Å²) in [6.07, 6.45) is 0. The summed E-state index contributed by atoms with van der Waals surface area (Å²) < 4.78 is 40.0. The van der Waals surface area contributed by atoms with Gasteiger partial charge in [-0.1, -0.05) is 24.3 Å². The highest BCUT2D eigenvalue weighted by molar-refractivity contribution is 5.44. The fraction of sp³-hybridized carbons (Fsp3) is 0.538. The monoisotopic (exact) mass is 508 g/mol. The predicted molar refractivity (Wildman–Crippen MR) is 133 cm³/mol. The van der Waals surface area contributed by atoms with Crippen LogP contribution in [0.3, 0.4) is 0 Å². The second kappa shape index (κ2) is 15.5. The van der Waals surface area contributed by atoms with Crippen LogP contribution in [-0.2, 0) is 32.0 Å². The number of phenolic OH excluding ortho intramolecular Hbond substituents is 4. The maximum absolute atomic E-state index is 10.2. The molecule has 3 rings (SSSR count). The first-order valence-electron chi connectivity index (χ1n) is 13.2. The molecule has 0 radical (unpaired) electrons. The highest BCUT2D eigenvalue weighted by Crippen LogP contribution is 2.30. The van der Waals surface area contributed by atoms with E-state index in [4.69, 9.17) is 21.7 Å². The third-order valence-electron chi connectivity index (χ3n) is 5.57. The molecule has 2 atom stereocenters. The molecule has 10 nitrogen and oxygen atoms in total. The van der Waals surface area contributed by atoms with E-state index in [9.17, 15) is 20.4 Å². The lowest BCUT2D eigenvalue weighted by atomic mass is 10.1. The molecule has 0 bridgehead atoms. The smallest absolute Gasteiger partial charge is 0.161 e. The van der Waals surface area contributed by atoms with Gasteiger partial charge in [0.15, 0.2) is 23.0 Å². The second-order valence-corrected chi connectivity index (χ2v) is 8.21. The molecule has 2 aromatic carbocycles. The molecule has 0 saturated carbocycles. The van der Waals surface area contributed by atoms with E-state index in [1.165, 1.54) is 12.1 Å². The number of hydrogen-bond acceptors (Lipinski definition) is 10. The first-order valence-corrected chi connectivity index (χ1v) is 12.1. The molecule has 0 amide bonds. The minimum atomic E-state index is -0.915. The van der Waals surface area contributed by atoms with Crippen LogP contribution in [0.25, 0.3) is 0 Å². The Morgan fingerprint density at radius 3 is 1.22 bits per heavy atom. The van der Waals surface area contributed by atoms with Crippen LogP contribution < -0.4 is 0 Å². The van der Waals surface area contributed by atoms with E-state index < -0.39 is 13.0 Å². The topological polar surface area (TPSA) is 124 Å². The molecule has 0 aromatic heterocycles. The fourth-order valence-electron chi connectivity index (χ4n) is 3.55. The Balaban J connectivity index is 1.55. The van der Waals surface area contributed by atoms with Gasteiger partial charge in [0, 0.05) is 53.1 Å². The third kappa shape index (κ3) is 9.45. The molecule has 36 heavy (non-hydrogen) atoms. The first-order chi connectivity index (χ1) is 18.4. The van der Waals surface area contributed by atoms with Crippen LogP contribution in [-0.4, -0.2) is 109 Å². The van der Waals surface area contributed by atoms with Crippen LogP contribution in [0.1, 0.15) is 13.9 Å². The molecule has 1 saturated heterocycles. The quantitative estimate of drug-likeness (QED) is 0.455. The lowest BCUT2D eigenvalue weighted by Gasteiger charge is -2.24. The van der Waals surface area contributed by atoms with Gasteiger partial charge < -0.3 is 39.4 Å². The van der Waals surface area contributed by atoms with Gasteiger partial charge in [-0.3, -0.25) is 9.80 Å². The first kappa shape index (κ1) is 25.1. The summed E-state index contributed by atoms with van der Waals surface area (Å²) in [6.45, 7) is 2.48. The van der Waals surface area contributed by atoms with E-state index in [0.717, 1.165) is 0 Å². The van der Waals surface area contributed by atoms with Crippen molar-refractivity contribution in [1.29, 1.82) is 0 Å². The van der Waals surface area contributed by atoms with Crippen molar-refractivity contribution in [2.45, 2.75) is 13.0 Å². The molecular formula is C26H38N2O8. The summed E-state index contributed by atoms with van der Waals surface area (Å²) in [6, 6.07) is 9.13. The van der Waals surface area contributed by atoms with Crippen molar-refractivity contribution in [1.82, 2.24) is 9.80 Å². The van der Waals surface area contributed by atoms with Gasteiger partial charge in [0.2, 0.25) is 0 Å². The fourth-order valence-corrected chi connectivity index (χ4v) is 3.55. The number of ether oxygens (including phenoxy) is 4. The van der Waals surface area contributed by atoms with E-state index in [-0.39, 0.29) is 23.0 Å². The minimum Gasteiger partial charge on any atom is -0.504 e. The lowest BCUT2D eigenvalue weighted by molar-refractivity contribution is 0.00610. The van der Waals surface area contributed by atoms with Gasteiger partial charge >= 0.3 is 0 Å². The van der Waals surface area contributed by atoms with Crippen molar-refractivity contribution in [3.8, 4) is 23.0 Å². The lowest BCUT2D eigenvalue weighted by Crippen LogP contribution is -2.32. The molecule has 1 aliphatic heterocycles. The van der Waals surface area contributed by atoms with Gasteiger partial charge in [-0.05, 0) is 12.1 Å². The van der Waals surface area contributed by atoms with Crippen LogP contribution in [0.5, 0.6) is 23.0 Å². The van der Waals surface area contributed by atoms with E-state index in [0.29, 0.717) is 90.2 Å². The summed E-state index contributed by atoms with van der Waals surface area (Å²) in [5.41, 5.74) is 0.602. The summed E-state index contributed by atoms with van der Waals surface area (Å²) in [7, 11) is 0. The van der Waals surface area contributed by atoms with Crippen molar-refractivity contribution in [3.05, 3.63) is 47.5 Å². The second-order valence-electron chi connectivity index (χ2n) is 8.21. The molecule has 0 aliphatic carbocycles. The number of para-hydroxylation sites is 2. The predicted octanol–water partition coefficient (Wildman–Crippen LogP) is 1.89. The average Bonchev–Trinajstić information content (AvgIpc) is 2.91. The number of hydrogen-bond donors (Lipinski definition) is 4. The summed E-state index contributed by atoms with van der Waals surface area (Å²) >= 11 is 0. The number of rotatable bonds is 4. The summed E-state index contributed by atoms with van der Waals surface area (Å²) in [4.78, 5) is 3.59. The third-order valence-corrected chi connectivity index (χ3v) is 5.57. The van der Waals surface area contributed by atoms with Crippen molar-refractivity contribution in [2.24, 2.45) is 0 Å². The van der Waals surface area contributed by atoms with Gasteiger partial charge in [-0.25, -0.2) is 0 Å². The number of aromatic hydroxyl groups is 4. The summed E-state index contributed by atoms with van der Waals surface area (Å²) in [5.74, 6) is -1.15. The van der Waals surface area contributed by atoms with Crippen LogP contribution >= 0.6 is 0 Å². The molecule has 200 valence electrons. The molecule has 1 aliphatic rings. The molecule has 4 N–H and O–H groups in total. The highest BCUT2D eigenvalue weighted by atomic mass is 16.5. The van der Waals surface area contributed by atoms with Gasteiger partial charge in [0.05, 0.1) is 52.9 Å². The standard InChI is InChI=1S/C26H38N2O8/c29-23-5-1-3-21(25(23)31)19-27-7-11-33-15-17-35-13-9-28(10-14-36-18-16-34-12-8-27)20-22-4-2-6-24(30)26(22)32/h1-6,29-32H,7-20H2/i19D,20D. The zero-order valence-electron chi connectivity index (χ0n) is 22.4. The number of phenols is 4. The Bertz CT molecular complexity index is 889. The highest BCUT2D eigenvalue weighted by Gasteiger charge is 2.13. The zero-order chi connectivity index (χ0) is 27.3. The van der Waals surface area contributed by atoms with E-state index in [2.05, 4.69) is 0 Å². The van der Waals surface area contributed by atoms with Crippen LogP contribution in [0.15, 0.2) is 36.4 Å². The largest absolute Gasteiger partial charge is 0.504 e. The van der Waals surface area contributed by atoms with Gasteiger partial charge in [0.1, 0.15) is 0 Å². The Morgan fingerprint density at radius 2 is 0.889 bits per heavy atom. The van der Waals surface area contributed by atoms with Crippen molar-refractivity contribution >= 4 is 0 Å². The van der Waals surface area contributed by atoms with Crippen LogP contribution in [0.4, 0.5) is 0 Å². The normalized spacial score (nSPS) is 21.4. The molecule has 1 fully saturated rings. The SMILES string of the molecule is [2H]C(c1cccc(O)c1O)N1CCOCCOCCN(C([2H])c2cccc(O)c2O)CCOCCOCC1. The van der Waals surface area contributed by atoms with Gasteiger partial charge in [-0.15, -0.1) is 0 Å². The van der Waals surface area contributed by atoms with Crippen LogP contribution in [0, 0.1) is 0 Å². The van der Waals surface area contributed by atoms with Crippen molar-refractivity contribution in [3.63, 3.8) is 0 Å². The van der Waals surface area contributed by atoms with E-state index >= 15 is 0 Å². The van der Waals surface area contributed by atoms with E-state index in [1.807, 2.05) is 0 Å². The Labute approximate surface area is 215 Å². The molecule has 2 unspecified atom stereocenters. The number of benzene rings is 2. The van der Waals surface area contributed by atoms with Crippen molar-refractivity contribution in [2.75, 3.05) is 79.0 Å². The Morgan fingerprint density at radius 1 is 0.556 bits per heavy atom. The number of nitrogens with zero attached hydrogens (tertiary/aromatic N) is 2. The maximum Gasteiger partial charge on any atom is 0.161 e. The Hall–Kier alpha value is -2.60. The van der Waals surface area contributed by atoms with Crippen molar-refractivity contribution < 1.29 is 42.1 Å². The minimum absolute atomic E-state index is 0.267. The zero-order valence-corrected chi connectivity index (χ0v) is 20.4. The molecular weight excluding hydrogens is 468 g/mol. The molecule has 2 aromatic rings. The van der Waals surface area contributed by atoms with Gasteiger partial charge in [-0.2, -0.15) is 0 Å². The maximum atomic E-state index is 10.2. The molecule has 0 spiro atoms. The Kier molecular flexibility index (Phi) is 10.8.